The van der Waals surface area contributed by atoms with Gasteiger partial charge in [0.2, 0.25) is 0 Å². The molecule has 2 aromatic rings. The molecule has 2 rings (SSSR count). The van der Waals surface area contributed by atoms with Crippen LogP contribution < -0.4 is 5.73 Å². The molecule has 4 heteroatoms. The Labute approximate surface area is 93.4 Å². The Kier molecular flexibility index (Phi) is 2.53. The molecule has 0 atom stereocenters. The molecule has 0 saturated heterocycles. The van der Waals surface area contributed by atoms with Crippen molar-refractivity contribution in [1.82, 2.24) is 0 Å². The molecule has 0 amide bonds. The van der Waals surface area contributed by atoms with Crippen LogP contribution in [0.1, 0.15) is 0 Å². The van der Waals surface area contributed by atoms with Crippen molar-refractivity contribution >= 4 is 54.8 Å². The molecule has 0 aliphatic carbocycles. The fourth-order valence-electron chi connectivity index (χ4n) is 1.17. The molecule has 68 valence electrons. The van der Waals surface area contributed by atoms with E-state index < -0.39 is 0 Å². The lowest BCUT2D eigenvalue weighted by Gasteiger charge is -1.97. The van der Waals surface area contributed by atoms with Crippen LogP contribution in [0.15, 0.2) is 26.9 Å². The molecule has 0 unspecified atom stereocenters. The third-order valence-corrected chi connectivity index (χ3v) is 4.89. The van der Waals surface area contributed by atoms with Crippen LogP contribution in [0.25, 0.3) is 10.1 Å². The monoisotopic (exact) mass is 273 g/mol. The van der Waals surface area contributed by atoms with Crippen molar-refractivity contribution in [2.24, 2.45) is 0 Å². The van der Waals surface area contributed by atoms with Crippen molar-refractivity contribution in [2.45, 2.75) is 4.21 Å². The molecule has 1 heterocycles. The number of thiophene rings is 1. The quantitative estimate of drug-likeness (QED) is 0.629. The number of halogens is 1. The fourth-order valence-corrected chi connectivity index (χ4v) is 3.40. The summed E-state index contributed by atoms with van der Waals surface area (Å²) in [6, 6.07) is 6.18. The second-order valence-electron chi connectivity index (χ2n) is 2.65. The van der Waals surface area contributed by atoms with E-state index in [9.17, 15) is 0 Å². The van der Waals surface area contributed by atoms with Gasteiger partial charge >= 0.3 is 0 Å². The topological polar surface area (TPSA) is 26.0 Å². The molecular weight excluding hydrogens is 266 g/mol. The number of nitrogen functional groups attached to an aromatic ring is 1. The number of benzene rings is 1. The number of rotatable bonds is 1. The Bertz CT molecular complexity index is 450. The Balaban J connectivity index is 2.76. The van der Waals surface area contributed by atoms with Crippen LogP contribution in [0.3, 0.4) is 0 Å². The van der Waals surface area contributed by atoms with Crippen LogP contribution in [-0.4, -0.2) is 6.26 Å². The first-order chi connectivity index (χ1) is 6.22. The van der Waals surface area contributed by atoms with E-state index in [-0.39, 0.29) is 0 Å². The van der Waals surface area contributed by atoms with Crippen LogP contribution >= 0.6 is 39.0 Å². The number of thioether (sulfide) groups is 1. The van der Waals surface area contributed by atoms with Crippen molar-refractivity contribution in [3.8, 4) is 0 Å². The van der Waals surface area contributed by atoms with Gasteiger partial charge in [0.1, 0.15) is 0 Å². The molecule has 1 aromatic heterocycles. The number of nitrogens with two attached hydrogens (primary N) is 1. The summed E-state index contributed by atoms with van der Waals surface area (Å²) >= 11 is 7.06. The minimum atomic E-state index is 0.804. The highest BCUT2D eigenvalue weighted by Gasteiger charge is 2.06. The molecule has 0 aliphatic heterocycles. The summed E-state index contributed by atoms with van der Waals surface area (Å²) in [4.78, 5) is 0. The van der Waals surface area contributed by atoms with Crippen LogP contribution in [0, 0.1) is 0 Å². The number of hydrogen-bond donors (Lipinski definition) is 1. The highest BCUT2D eigenvalue weighted by Crippen LogP contribution is 2.37. The van der Waals surface area contributed by atoms with Gasteiger partial charge in [-0.1, -0.05) is 0 Å². The normalized spacial score (nSPS) is 10.9. The van der Waals surface area contributed by atoms with Crippen LogP contribution in [-0.2, 0) is 0 Å². The third kappa shape index (κ3) is 1.58. The first-order valence-corrected chi connectivity index (χ1v) is 6.57. The van der Waals surface area contributed by atoms with Crippen molar-refractivity contribution < 1.29 is 0 Å². The van der Waals surface area contributed by atoms with Crippen molar-refractivity contribution in [3.63, 3.8) is 0 Å². The van der Waals surface area contributed by atoms with Crippen LogP contribution in [0.4, 0.5) is 5.69 Å². The van der Waals surface area contributed by atoms with E-state index in [0.29, 0.717) is 0 Å². The molecule has 0 aliphatic rings. The molecule has 2 N–H and O–H groups in total. The molecule has 0 bridgehead atoms. The zero-order chi connectivity index (χ0) is 9.42. The zero-order valence-electron chi connectivity index (χ0n) is 7.00. The van der Waals surface area contributed by atoms with Crippen molar-refractivity contribution in [1.29, 1.82) is 0 Å². The van der Waals surface area contributed by atoms with E-state index in [0.717, 1.165) is 10.2 Å². The minimum Gasteiger partial charge on any atom is -0.398 e. The number of anilines is 1. The summed E-state index contributed by atoms with van der Waals surface area (Å²) in [6.45, 7) is 0. The predicted octanol–water partition coefficient (Wildman–Crippen LogP) is 3.97. The van der Waals surface area contributed by atoms with Crippen molar-refractivity contribution in [3.05, 3.63) is 22.7 Å². The average Bonchev–Trinajstić information content (AvgIpc) is 2.55. The molecule has 1 aromatic carbocycles. The standard InChI is InChI=1S/C9H8BrNS2/c1-12-8-4-5-7(13-8)3-2-6(11)9(5)10/h2-4H,11H2,1H3. The molecule has 0 saturated carbocycles. The highest BCUT2D eigenvalue weighted by molar-refractivity contribution is 9.10. The van der Waals surface area contributed by atoms with Gasteiger partial charge in [-0.2, -0.15) is 0 Å². The minimum absolute atomic E-state index is 0.804. The van der Waals surface area contributed by atoms with Gasteiger partial charge in [-0.05, 0) is 40.4 Å². The number of hydrogen-bond acceptors (Lipinski definition) is 3. The van der Waals surface area contributed by atoms with Gasteiger partial charge in [0.25, 0.3) is 0 Å². The van der Waals surface area contributed by atoms with Crippen LogP contribution in [0.5, 0.6) is 0 Å². The van der Waals surface area contributed by atoms with Gasteiger partial charge in [0.15, 0.2) is 0 Å². The van der Waals surface area contributed by atoms with Gasteiger partial charge in [-0.15, -0.1) is 23.1 Å². The smallest absolute Gasteiger partial charge is 0.0608 e. The summed E-state index contributed by atoms with van der Waals surface area (Å²) in [6.07, 6.45) is 2.09. The SMILES string of the molecule is CSc1cc2c(Br)c(N)ccc2s1. The molecule has 1 nitrogen and oxygen atoms in total. The lowest BCUT2D eigenvalue weighted by atomic mass is 10.2. The van der Waals surface area contributed by atoms with Gasteiger partial charge < -0.3 is 5.73 Å². The molecular formula is C9H8BrNS2. The predicted molar refractivity (Wildman–Crippen MR) is 65.7 cm³/mol. The van der Waals surface area contributed by atoms with Crippen LogP contribution in [0.2, 0.25) is 0 Å². The molecule has 0 fully saturated rings. The average molecular weight is 274 g/mol. The summed E-state index contributed by atoms with van der Waals surface area (Å²) < 4.78 is 3.62. The molecule has 0 spiro atoms. The van der Waals surface area contributed by atoms with Crippen molar-refractivity contribution in [2.75, 3.05) is 12.0 Å². The lowest BCUT2D eigenvalue weighted by molar-refractivity contribution is 1.70. The lowest BCUT2D eigenvalue weighted by Crippen LogP contribution is -1.84. The van der Waals surface area contributed by atoms with E-state index in [1.54, 1.807) is 23.1 Å². The Morgan fingerprint density at radius 2 is 2.23 bits per heavy atom. The zero-order valence-corrected chi connectivity index (χ0v) is 10.2. The van der Waals surface area contributed by atoms with E-state index in [2.05, 4.69) is 34.3 Å². The van der Waals surface area contributed by atoms with E-state index >= 15 is 0 Å². The number of fused-ring (bicyclic) bond motifs is 1. The Hall–Kier alpha value is -0.190. The van der Waals surface area contributed by atoms with E-state index in [4.69, 9.17) is 5.73 Å². The van der Waals surface area contributed by atoms with Gasteiger partial charge in [-0.25, -0.2) is 0 Å². The Morgan fingerprint density at radius 3 is 2.92 bits per heavy atom. The fraction of sp³-hybridized carbons (Fsp3) is 0.111. The van der Waals surface area contributed by atoms with Gasteiger partial charge in [0.05, 0.1) is 4.21 Å². The summed E-state index contributed by atoms with van der Waals surface area (Å²) in [7, 11) is 0. The first kappa shape index (κ1) is 9.37. The molecule has 0 radical (unpaired) electrons. The highest BCUT2D eigenvalue weighted by atomic mass is 79.9. The van der Waals surface area contributed by atoms with E-state index in [1.807, 2.05) is 6.07 Å². The largest absolute Gasteiger partial charge is 0.398 e. The third-order valence-electron chi connectivity index (χ3n) is 1.84. The maximum Gasteiger partial charge on any atom is 0.0608 e. The maximum absolute atomic E-state index is 5.79. The molecule has 13 heavy (non-hydrogen) atoms. The first-order valence-electron chi connectivity index (χ1n) is 3.74. The summed E-state index contributed by atoms with van der Waals surface area (Å²) in [5, 5.41) is 1.22. The Morgan fingerprint density at radius 1 is 1.46 bits per heavy atom. The van der Waals surface area contributed by atoms with E-state index in [1.165, 1.54) is 14.3 Å². The second kappa shape index (κ2) is 3.52. The summed E-state index contributed by atoms with van der Waals surface area (Å²) in [5.74, 6) is 0. The van der Waals surface area contributed by atoms with Gasteiger partial charge in [0, 0.05) is 20.2 Å². The van der Waals surface area contributed by atoms with Gasteiger partial charge in [-0.3, -0.25) is 0 Å². The second-order valence-corrected chi connectivity index (χ2v) is 5.63. The maximum atomic E-state index is 5.79. The summed E-state index contributed by atoms with van der Waals surface area (Å²) in [5.41, 5.74) is 6.59.